The normalized spacial score (nSPS) is 17.6. The molecule has 7 nitrogen and oxygen atoms in total. The summed E-state index contributed by atoms with van der Waals surface area (Å²) in [5, 5.41) is 3.34. The summed E-state index contributed by atoms with van der Waals surface area (Å²) in [5.41, 5.74) is 2.98. The molecule has 2 aliphatic heterocycles. The largest absolute Gasteiger partial charge is 0.378 e. The molecule has 132 valence electrons. The molecule has 2 aromatic rings. The number of ether oxygens (including phenoxy) is 1. The Hall–Kier alpha value is -2.03. The first-order chi connectivity index (χ1) is 12.0. The van der Waals surface area contributed by atoms with Crippen LogP contribution in [0.5, 0.6) is 0 Å². The van der Waals surface area contributed by atoms with Crippen molar-refractivity contribution in [2.75, 3.05) is 37.5 Å². The Bertz CT molecular complexity index is 891. The SMILES string of the molecule is CS(=O)(=O)c1ccc(-c2nc3c(c(N4CCOCC4)n2)CNC3)cc1. The van der Waals surface area contributed by atoms with E-state index in [1.165, 1.54) is 6.26 Å². The fourth-order valence-electron chi connectivity index (χ4n) is 3.17. The molecular formula is C17H20N4O3S. The fraction of sp³-hybridized carbons (Fsp3) is 0.412. The van der Waals surface area contributed by atoms with Crippen molar-refractivity contribution in [3.8, 4) is 11.4 Å². The molecule has 0 bridgehead atoms. The number of nitrogens with zero attached hydrogens (tertiary/aromatic N) is 3. The van der Waals surface area contributed by atoms with Gasteiger partial charge in [0.05, 0.1) is 23.8 Å². The zero-order valence-corrected chi connectivity index (χ0v) is 14.8. The fourth-order valence-corrected chi connectivity index (χ4v) is 3.80. The lowest BCUT2D eigenvalue weighted by Crippen LogP contribution is -2.37. The number of rotatable bonds is 3. The van der Waals surface area contributed by atoms with Crippen molar-refractivity contribution in [2.45, 2.75) is 18.0 Å². The molecule has 1 saturated heterocycles. The first-order valence-electron chi connectivity index (χ1n) is 8.26. The van der Waals surface area contributed by atoms with Gasteiger partial charge in [0.15, 0.2) is 15.7 Å². The van der Waals surface area contributed by atoms with E-state index >= 15 is 0 Å². The van der Waals surface area contributed by atoms with Crippen molar-refractivity contribution < 1.29 is 13.2 Å². The van der Waals surface area contributed by atoms with Crippen molar-refractivity contribution in [2.24, 2.45) is 0 Å². The van der Waals surface area contributed by atoms with E-state index in [2.05, 4.69) is 15.2 Å². The van der Waals surface area contributed by atoms with Crippen LogP contribution in [-0.2, 0) is 27.7 Å². The first-order valence-corrected chi connectivity index (χ1v) is 10.2. The van der Waals surface area contributed by atoms with Gasteiger partial charge >= 0.3 is 0 Å². The molecule has 8 heteroatoms. The maximum Gasteiger partial charge on any atom is 0.175 e. The lowest BCUT2D eigenvalue weighted by atomic mass is 10.1. The van der Waals surface area contributed by atoms with Crippen LogP contribution in [0, 0.1) is 0 Å². The van der Waals surface area contributed by atoms with E-state index in [1.54, 1.807) is 24.3 Å². The molecule has 1 fully saturated rings. The van der Waals surface area contributed by atoms with Crippen molar-refractivity contribution >= 4 is 15.7 Å². The van der Waals surface area contributed by atoms with Crippen molar-refractivity contribution in [1.82, 2.24) is 15.3 Å². The number of aromatic nitrogens is 2. The van der Waals surface area contributed by atoms with Gasteiger partial charge in [-0.3, -0.25) is 0 Å². The van der Waals surface area contributed by atoms with E-state index < -0.39 is 9.84 Å². The van der Waals surface area contributed by atoms with Gasteiger partial charge in [-0.25, -0.2) is 18.4 Å². The molecule has 25 heavy (non-hydrogen) atoms. The molecule has 0 radical (unpaired) electrons. The highest BCUT2D eigenvalue weighted by atomic mass is 32.2. The minimum absolute atomic E-state index is 0.299. The summed E-state index contributed by atoms with van der Waals surface area (Å²) in [6.07, 6.45) is 1.20. The topological polar surface area (TPSA) is 84.4 Å². The van der Waals surface area contributed by atoms with Crippen LogP contribution in [0.3, 0.4) is 0 Å². The van der Waals surface area contributed by atoms with Crippen LogP contribution in [0.4, 0.5) is 5.82 Å². The third-order valence-electron chi connectivity index (χ3n) is 4.52. The predicted molar refractivity (Wildman–Crippen MR) is 94.2 cm³/mol. The summed E-state index contributed by atoms with van der Waals surface area (Å²) in [5.74, 6) is 1.59. The number of hydrogen-bond acceptors (Lipinski definition) is 7. The molecule has 0 aliphatic carbocycles. The maximum atomic E-state index is 11.6. The molecule has 4 rings (SSSR count). The van der Waals surface area contributed by atoms with Gasteiger partial charge in [-0.1, -0.05) is 0 Å². The number of anilines is 1. The quantitative estimate of drug-likeness (QED) is 0.874. The molecule has 0 spiro atoms. The molecule has 0 amide bonds. The molecule has 2 aliphatic rings. The van der Waals surface area contributed by atoms with E-state index in [4.69, 9.17) is 9.72 Å². The molecule has 3 heterocycles. The first kappa shape index (κ1) is 16.4. The Morgan fingerprint density at radius 2 is 1.80 bits per heavy atom. The number of sulfone groups is 1. The number of fused-ring (bicyclic) bond motifs is 1. The Kier molecular flexibility index (Phi) is 4.18. The van der Waals surface area contributed by atoms with Crippen LogP contribution in [-0.4, -0.2) is 50.9 Å². The maximum absolute atomic E-state index is 11.6. The van der Waals surface area contributed by atoms with Gasteiger partial charge in [0, 0.05) is 43.6 Å². The van der Waals surface area contributed by atoms with Gasteiger partial charge in [-0.2, -0.15) is 0 Å². The Morgan fingerprint density at radius 1 is 1.08 bits per heavy atom. The van der Waals surface area contributed by atoms with E-state index in [1.807, 2.05) is 0 Å². The highest BCUT2D eigenvalue weighted by Gasteiger charge is 2.24. The minimum atomic E-state index is -3.21. The smallest absolute Gasteiger partial charge is 0.175 e. The van der Waals surface area contributed by atoms with Crippen molar-refractivity contribution in [3.05, 3.63) is 35.5 Å². The molecular weight excluding hydrogens is 340 g/mol. The summed E-state index contributed by atoms with van der Waals surface area (Å²) in [7, 11) is -3.21. The summed E-state index contributed by atoms with van der Waals surface area (Å²) in [6, 6.07) is 6.75. The zero-order valence-electron chi connectivity index (χ0n) is 14.0. The molecule has 1 N–H and O–H groups in total. The number of benzene rings is 1. The average Bonchev–Trinajstić information content (AvgIpc) is 3.09. The van der Waals surface area contributed by atoms with Crippen molar-refractivity contribution in [1.29, 1.82) is 0 Å². The van der Waals surface area contributed by atoms with Crippen LogP contribution >= 0.6 is 0 Å². The average molecular weight is 360 g/mol. The summed E-state index contributed by atoms with van der Waals surface area (Å²) in [4.78, 5) is 12.0. The lowest BCUT2D eigenvalue weighted by Gasteiger charge is -2.29. The second-order valence-electron chi connectivity index (χ2n) is 6.30. The zero-order chi connectivity index (χ0) is 17.4. The number of nitrogens with one attached hydrogen (secondary N) is 1. The molecule has 0 unspecified atom stereocenters. The second kappa shape index (κ2) is 6.36. The van der Waals surface area contributed by atoms with E-state index in [0.29, 0.717) is 23.9 Å². The highest BCUT2D eigenvalue weighted by molar-refractivity contribution is 7.90. The number of morpholine rings is 1. The number of hydrogen-bond donors (Lipinski definition) is 1. The summed E-state index contributed by atoms with van der Waals surface area (Å²) >= 11 is 0. The van der Waals surface area contributed by atoms with E-state index in [9.17, 15) is 8.42 Å². The van der Waals surface area contributed by atoms with Gasteiger partial charge in [-0.05, 0) is 24.3 Å². The van der Waals surface area contributed by atoms with Crippen LogP contribution in [0.1, 0.15) is 11.3 Å². The highest BCUT2D eigenvalue weighted by Crippen LogP contribution is 2.29. The monoisotopic (exact) mass is 360 g/mol. The molecule has 0 saturated carbocycles. The third-order valence-corrected chi connectivity index (χ3v) is 5.64. The van der Waals surface area contributed by atoms with Gasteiger partial charge < -0.3 is 15.0 Å². The van der Waals surface area contributed by atoms with Crippen LogP contribution in [0.2, 0.25) is 0 Å². The van der Waals surface area contributed by atoms with Gasteiger partial charge in [0.1, 0.15) is 5.82 Å². The van der Waals surface area contributed by atoms with Gasteiger partial charge in [0.25, 0.3) is 0 Å². The minimum Gasteiger partial charge on any atom is -0.378 e. The van der Waals surface area contributed by atoms with E-state index in [0.717, 1.165) is 48.8 Å². The summed E-state index contributed by atoms with van der Waals surface area (Å²) < 4.78 is 28.7. The van der Waals surface area contributed by atoms with Gasteiger partial charge in [-0.15, -0.1) is 0 Å². The van der Waals surface area contributed by atoms with Crippen LogP contribution < -0.4 is 10.2 Å². The predicted octanol–water partition coefficient (Wildman–Crippen LogP) is 0.987. The molecule has 1 aromatic carbocycles. The Morgan fingerprint density at radius 3 is 2.48 bits per heavy atom. The lowest BCUT2D eigenvalue weighted by molar-refractivity contribution is 0.122. The summed E-state index contributed by atoms with van der Waals surface area (Å²) in [6.45, 7) is 4.53. The Labute approximate surface area is 147 Å². The second-order valence-corrected chi connectivity index (χ2v) is 8.31. The Balaban J connectivity index is 1.75. The molecule has 1 aromatic heterocycles. The third kappa shape index (κ3) is 3.24. The molecule has 0 atom stereocenters. The van der Waals surface area contributed by atoms with Crippen LogP contribution in [0.25, 0.3) is 11.4 Å². The van der Waals surface area contributed by atoms with E-state index in [-0.39, 0.29) is 0 Å². The van der Waals surface area contributed by atoms with Crippen LogP contribution in [0.15, 0.2) is 29.2 Å². The van der Waals surface area contributed by atoms with Crippen molar-refractivity contribution in [3.63, 3.8) is 0 Å². The van der Waals surface area contributed by atoms with Gasteiger partial charge in [0.2, 0.25) is 0 Å². The standard InChI is InChI=1S/C17H20N4O3S/c1-25(22,23)13-4-2-12(3-5-13)16-19-15-11-18-10-14(15)17(20-16)21-6-8-24-9-7-21/h2-5,18H,6-11H2,1H3.